The van der Waals surface area contributed by atoms with Crippen molar-refractivity contribution < 1.29 is 22.5 Å². The van der Waals surface area contributed by atoms with Crippen molar-refractivity contribution >= 4 is 15.9 Å². The maximum Gasteiger partial charge on any atom is 0.261 e. The third-order valence-corrected chi connectivity index (χ3v) is 7.38. The normalized spacial score (nSPS) is 16.7. The van der Waals surface area contributed by atoms with Gasteiger partial charge in [0.2, 0.25) is 21.7 Å². The Morgan fingerprint density at radius 3 is 2.55 bits per heavy atom. The second-order valence-corrected chi connectivity index (χ2v) is 10.1. The summed E-state index contributed by atoms with van der Waals surface area (Å²) in [7, 11) is -0.551. The van der Waals surface area contributed by atoms with E-state index < -0.39 is 10.0 Å². The van der Waals surface area contributed by atoms with Crippen LogP contribution in [0, 0.1) is 0 Å². The van der Waals surface area contributed by atoms with E-state index in [4.69, 9.17) is 9.26 Å². The highest BCUT2D eigenvalue weighted by atomic mass is 32.2. The molecule has 2 aromatic carbocycles. The van der Waals surface area contributed by atoms with Crippen LogP contribution >= 0.6 is 0 Å². The van der Waals surface area contributed by atoms with Crippen molar-refractivity contribution in [3.8, 4) is 17.1 Å². The summed E-state index contributed by atoms with van der Waals surface area (Å²) >= 11 is 0. The van der Waals surface area contributed by atoms with E-state index in [-0.39, 0.29) is 23.5 Å². The number of amides is 1. The molecule has 0 N–H and O–H groups in total. The molecule has 174 valence electrons. The van der Waals surface area contributed by atoms with Crippen molar-refractivity contribution in [1.82, 2.24) is 19.3 Å². The van der Waals surface area contributed by atoms with Gasteiger partial charge in [-0.25, -0.2) is 12.7 Å². The second-order valence-electron chi connectivity index (χ2n) is 7.97. The second kappa shape index (κ2) is 9.72. The zero-order valence-corrected chi connectivity index (χ0v) is 19.4. The van der Waals surface area contributed by atoms with Gasteiger partial charge in [0.1, 0.15) is 11.8 Å². The minimum Gasteiger partial charge on any atom is -0.484 e. The van der Waals surface area contributed by atoms with Gasteiger partial charge in [-0.05, 0) is 55.7 Å². The number of piperidine rings is 1. The summed E-state index contributed by atoms with van der Waals surface area (Å²) in [5, 5.41) is 4.06. The molecule has 1 fully saturated rings. The average molecular weight is 471 g/mol. The number of sulfonamides is 1. The van der Waals surface area contributed by atoms with Gasteiger partial charge in [-0.15, -0.1) is 0 Å². The molecule has 0 bridgehead atoms. The Bertz CT molecular complexity index is 1190. The van der Waals surface area contributed by atoms with Crippen molar-refractivity contribution in [2.24, 2.45) is 0 Å². The molecule has 1 aliphatic rings. The molecule has 2 heterocycles. The van der Waals surface area contributed by atoms with Crippen LogP contribution in [0.15, 0.2) is 64.0 Å². The molecule has 1 saturated heterocycles. The number of ether oxygens (including phenoxy) is 1. The molecular formula is C23H26N4O5S. The van der Waals surface area contributed by atoms with Gasteiger partial charge < -0.3 is 14.2 Å². The van der Waals surface area contributed by atoms with Gasteiger partial charge in [0.25, 0.3) is 5.91 Å². The largest absolute Gasteiger partial charge is 0.484 e. The van der Waals surface area contributed by atoms with Gasteiger partial charge in [-0.1, -0.05) is 23.4 Å². The van der Waals surface area contributed by atoms with E-state index in [1.165, 1.54) is 26.2 Å². The van der Waals surface area contributed by atoms with Gasteiger partial charge in [0.05, 0.1) is 4.90 Å². The maximum absolute atomic E-state index is 12.9. The first kappa shape index (κ1) is 22.9. The third kappa shape index (κ3) is 5.07. The molecule has 1 amide bonds. The molecule has 0 unspecified atom stereocenters. The molecule has 4 rings (SSSR count). The summed E-state index contributed by atoms with van der Waals surface area (Å²) in [5.74, 6) is 1.21. The Hall–Kier alpha value is -3.24. The smallest absolute Gasteiger partial charge is 0.261 e. The van der Waals surface area contributed by atoms with E-state index in [9.17, 15) is 13.2 Å². The number of nitrogens with zero attached hydrogens (tertiary/aromatic N) is 4. The monoisotopic (exact) mass is 470 g/mol. The molecule has 0 aliphatic carbocycles. The first-order valence-electron chi connectivity index (χ1n) is 10.7. The van der Waals surface area contributed by atoms with E-state index in [1.54, 1.807) is 29.2 Å². The summed E-state index contributed by atoms with van der Waals surface area (Å²) in [6.45, 7) is 0.528. The van der Waals surface area contributed by atoms with Gasteiger partial charge in [-0.2, -0.15) is 4.98 Å². The minimum atomic E-state index is -3.52. The lowest BCUT2D eigenvalue weighted by atomic mass is 10.0. The molecular weight excluding hydrogens is 444 g/mol. The molecule has 10 heteroatoms. The molecule has 1 atom stereocenters. The number of para-hydroxylation sites is 1. The molecule has 0 spiro atoms. The number of hydrogen-bond donors (Lipinski definition) is 0. The van der Waals surface area contributed by atoms with Crippen LogP contribution in [0.25, 0.3) is 11.4 Å². The van der Waals surface area contributed by atoms with Crippen LogP contribution < -0.4 is 4.74 Å². The predicted molar refractivity (Wildman–Crippen MR) is 121 cm³/mol. The van der Waals surface area contributed by atoms with Crippen LogP contribution in [0.2, 0.25) is 0 Å². The first-order chi connectivity index (χ1) is 15.9. The Morgan fingerprint density at radius 1 is 1.12 bits per heavy atom. The van der Waals surface area contributed by atoms with Crippen LogP contribution in [0.1, 0.15) is 31.2 Å². The number of aromatic nitrogens is 2. The van der Waals surface area contributed by atoms with Crippen molar-refractivity contribution in [3.05, 3.63) is 60.5 Å². The molecule has 1 aliphatic heterocycles. The number of carbonyl (C=O) groups is 1. The van der Waals surface area contributed by atoms with Crippen LogP contribution in [0.3, 0.4) is 0 Å². The first-order valence-corrected chi connectivity index (χ1v) is 12.1. The highest BCUT2D eigenvalue weighted by Gasteiger charge is 2.32. The third-order valence-electron chi connectivity index (χ3n) is 5.55. The summed E-state index contributed by atoms with van der Waals surface area (Å²) in [5.41, 5.74) is 0.629. The summed E-state index contributed by atoms with van der Waals surface area (Å²) < 4.78 is 36.8. The van der Waals surface area contributed by atoms with Crippen molar-refractivity contribution in [1.29, 1.82) is 0 Å². The Balaban J connectivity index is 1.48. The fourth-order valence-corrected chi connectivity index (χ4v) is 4.61. The summed E-state index contributed by atoms with van der Waals surface area (Å²) in [6, 6.07) is 15.2. The molecule has 3 aromatic rings. The Kier molecular flexibility index (Phi) is 6.75. The topological polar surface area (TPSA) is 106 Å². The number of benzene rings is 2. The lowest BCUT2D eigenvalue weighted by Gasteiger charge is -2.33. The molecule has 0 radical (unpaired) electrons. The van der Waals surface area contributed by atoms with Crippen LogP contribution in [0.5, 0.6) is 5.75 Å². The molecule has 0 saturated carbocycles. The van der Waals surface area contributed by atoms with Gasteiger partial charge in [0.15, 0.2) is 6.61 Å². The quantitative estimate of drug-likeness (QED) is 0.522. The van der Waals surface area contributed by atoms with E-state index in [1.807, 2.05) is 18.2 Å². The number of carbonyl (C=O) groups excluding carboxylic acids is 1. The minimum absolute atomic E-state index is 0.0662. The molecule has 33 heavy (non-hydrogen) atoms. The zero-order chi connectivity index (χ0) is 23.4. The lowest BCUT2D eigenvalue weighted by Crippen LogP contribution is -2.41. The molecule has 1 aromatic heterocycles. The fraction of sp³-hybridized carbons (Fsp3) is 0.348. The van der Waals surface area contributed by atoms with E-state index in [2.05, 4.69) is 10.1 Å². The van der Waals surface area contributed by atoms with Gasteiger partial charge >= 0.3 is 0 Å². The van der Waals surface area contributed by atoms with Crippen LogP contribution in [0.4, 0.5) is 0 Å². The van der Waals surface area contributed by atoms with Gasteiger partial charge in [-0.3, -0.25) is 4.79 Å². The van der Waals surface area contributed by atoms with Crippen molar-refractivity contribution in [2.45, 2.75) is 30.2 Å². The SMILES string of the molecule is CN(C)S(=O)(=O)c1ccc(-c2noc([C@H]3CCCCN3C(=O)COc3ccccc3)n2)cc1. The van der Waals surface area contributed by atoms with E-state index >= 15 is 0 Å². The Labute approximate surface area is 193 Å². The lowest BCUT2D eigenvalue weighted by molar-refractivity contribution is -0.138. The van der Waals surface area contributed by atoms with E-state index in [0.717, 1.165) is 23.6 Å². The highest BCUT2D eigenvalue weighted by molar-refractivity contribution is 7.89. The standard InChI is InChI=1S/C23H26N4O5S/c1-26(2)33(29,30)19-13-11-17(12-14-19)22-24-23(32-25-22)20-10-6-7-15-27(20)21(28)16-31-18-8-4-3-5-9-18/h3-5,8-9,11-14,20H,6-7,10,15-16H2,1-2H3/t20-/m1/s1. The highest BCUT2D eigenvalue weighted by Crippen LogP contribution is 2.31. The van der Waals surface area contributed by atoms with Crippen molar-refractivity contribution in [2.75, 3.05) is 27.2 Å². The van der Waals surface area contributed by atoms with Crippen LogP contribution in [-0.4, -0.2) is 60.9 Å². The molecule has 9 nitrogen and oxygen atoms in total. The van der Waals surface area contributed by atoms with Crippen molar-refractivity contribution in [3.63, 3.8) is 0 Å². The van der Waals surface area contributed by atoms with E-state index in [0.29, 0.717) is 29.6 Å². The number of hydrogen-bond acceptors (Lipinski definition) is 7. The number of likely N-dealkylation sites (tertiary alicyclic amines) is 1. The van der Waals surface area contributed by atoms with Gasteiger partial charge in [0, 0.05) is 26.2 Å². The summed E-state index contributed by atoms with van der Waals surface area (Å²) in [4.78, 5) is 19.3. The Morgan fingerprint density at radius 2 is 1.85 bits per heavy atom. The summed E-state index contributed by atoms with van der Waals surface area (Å²) in [6.07, 6.45) is 2.57. The maximum atomic E-state index is 12.9. The fourth-order valence-electron chi connectivity index (χ4n) is 3.71. The zero-order valence-electron chi connectivity index (χ0n) is 18.5. The van der Waals surface area contributed by atoms with Crippen LogP contribution in [-0.2, 0) is 14.8 Å². The average Bonchev–Trinajstić information content (AvgIpc) is 3.33. The number of rotatable bonds is 7. The predicted octanol–water partition coefficient (Wildman–Crippen LogP) is 3.12.